The van der Waals surface area contributed by atoms with Crippen LogP contribution in [0.1, 0.15) is 32.2 Å². The maximum Gasteiger partial charge on any atom is 0.416 e. The minimum Gasteiger partial charge on any atom is -0.296 e. The lowest BCUT2D eigenvalue weighted by Crippen LogP contribution is -2.15. The highest BCUT2D eigenvalue weighted by Crippen LogP contribution is 2.30. The summed E-state index contributed by atoms with van der Waals surface area (Å²) in [5.41, 5.74) is 1.22. The van der Waals surface area contributed by atoms with Crippen molar-refractivity contribution in [1.29, 1.82) is 0 Å². The molecule has 0 spiro atoms. The number of amides is 1. The molecule has 1 amide bonds. The molecule has 0 bridgehead atoms. The van der Waals surface area contributed by atoms with Gasteiger partial charge in [0.2, 0.25) is 0 Å². The second-order valence-electron chi connectivity index (χ2n) is 5.75. The summed E-state index contributed by atoms with van der Waals surface area (Å²) in [6.07, 6.45) is -2.30. The van der Waals surface area contributed by atoms with Crippen molar-refractivity contribution in [3.8, 4) is 0 Å². The summed E-state index contributed by atoms with van der Waals surface area (Å²) in [6.45, 7) is 1.79. The monoisotopic (exact) mass is 380 g/mol. The summed E-state index contributed by atoms with van der Waals surface area (Å²) in [5, 5.41) is 7.25. The molecular formula is C17H15F3N4OS. The third-order valence-electron chi connectivity index (χ3n) is 3.67. The Balaban J connectivity index is 1.66. The Morgan fingerprint density at radius 2 is 1.96 bits per heavy atom. The third-order valence-corrected chi connectivity index (χ3v) is 4.58. The zero-order valence-electron chi connectivity index (χ0n) is 14.0. The first-order valence-corrected chi connectivity index (χ1v) is 8.47. The van der Waals surface area contributed by atoms with Crippen LogP contribution in [0.25, 0.3) is 0 Å². The van der Waals surface area contributed by atoms with Crippen molar-refractivity contribution in [3.63, 3.8) is 0 Å². The van der Waals surface area contributed by atoms with Gasteiger partial charge in [-0.15, -0.1) is 11.3 Å². The zero-order valence-corrected chi connectivity index (χ0v) is 14.8. The van der Waals surface area contributed by atoms with Crippen LogP contribution in [-0.4, -0.2) is 20.7 Å². The first-order chi connectivity index (χ1) is 12.2. The molecule has 0 aliphatic heterocycles. The maximum atomic E-state index is 12.6. The number of nitrogens with one attached hydrogen (secondary N) is 1. The van der Waals surface area contributed by atoms with Crippen molar-refractivity contribution in [2.45, 2.75) is 19.5 Å². The van der Waals surface area contributed by atoms with Crippen molar-refractivity contribution < 1.29 is 18.0 Å². The molecule has 3 rings (SSSR count). The molecule has 26 heavy (non-hydrogen) atoms. The number of thiazole rings is 1. The van der Waals surface area contributed by atoms with Crippen LogP contribution >= 0.6 is 11.3 Å². The number of nitrogens with zero attached hydrogens (tertiary/aromatic N) is 3. The number of carbonyl (C=O) groups is 1. The Kier molecular flexibility index (Phi) is 4.82. The van der Waals surface area contributed by atoms with Crippen LogP contribution in [0.15, 0.2) is 36.5 Å². The predicted molar refractivity (Wildman–Crippen MR) is 92.3 cm³/mol. The van der Waals surface area contributed by atoms with E-state index >= 15 is 0 Å². The molecule has 0 radical (unpaired) electrons. The van der Waals surface area contributed by atoms with Gasteiger partial charge >= 0.3 is 6.18 Å². The van der Waals surface area contributed by atoms with E-state index in [4.69, 9.17) is 0 Å². The summed E-state index contributed by atoms with van der Waals surface area (Å²) in [7, 11) is 1.68. The molecule has 1 N–H and O–H groups in total. The third kappa shape index (κ3) is 4.10. The number of hydrogen-bond acceptors (Lipinski definition) is 4. The van der Waals surface area contributed by atoms with E-state index in [2.05, 4.69) is 15.4 Å². The molecule has 2 aromatic heterocycles. The number of hydrogen-bond donors (Lipinski definition) is 1. The topological polar surface area (TPSA) is 59.8 Å². The average molecular weight is 380 g/mol. The fourth-order valence-electron chi connectivity index (χ4n) is 2.44. The van der Waals surface area contributed by atoms with Crippen molar-refractivity contribution in [1.82, 2.24) is 14.8 Å². The highest BCUT2D eigenvalue weighted by molar-refractivity contribution is 7.15. The second-order valence-corrected chi connectivity index (χ2v) is 6.87. The van der Waals surface area contributed by atoms with E-state index in [0.29, 0.717) is 17.2 Å². The summed E-state index contributed by atoms with van der Waals surface area (Å²) >= 11 is 1.28. The standard InChI is InChI=1S/C17H15F3N4OS/c1-10-7-14(24(2)23-10)15(25)22-16-21-9-13(26-16)8-11-3-5-12(6-4-11)17(18,19)20/h3-7,9H,8H2,1-2H3,(H,21,22,25). The van der Waals surface area contributed by atoms with Gasteiger partial charge in [0.15, 0.2) is 5.13 Å². The molecule has 0 unspecified atom stereocenters. The molecule has 0 saturated heterocycles. The number of carbonyl (C=O) groups excluding carboxylic acids is 1. The molecule has 0 aliphatic carbocycles. The first kappa shape index (κ1) is 18.1. The number of alkyl halides is 3. The molecule has 0 atom stereocenters. The van der Waals surface area contributed by atoms with E-state index in [1.807, 2.05) is 0 Å². The van der Waals surface area contributed by atoms with Crippen LogP contribution in [0.2, 0.25) is 0 Å². The quantitative estimate of drug-likeness (QED) is 0.743. The Labute approximate surface area is 151 Å². The van der Waals surface area contributed by atoms with Gasteiger partial charge in [0.05, 0.1) is 11.3 Å². The van der Waals surface area contributed by atoms with Gasteiger partial charge < -0.3 is 0 Å². The molecule has 9 heteroatoms. The molecule has 0 saturated carbocycles. The zero-order chi connectivity index (χ0) is 18.9. The van der Waals surface area contributed by atoms with E-state index in [0.717, 1.165) is 28.3 Å². The van der Waals surface area contributed by atoms with Gasteiger partial charge in [-0.25, -0.2) is 4.98 Å². The lowest BCUT2D eigenvalue weighted by atomic mass is 10.1. The lowest BCUT2D eigenvalue weighted by Gasteiger charge is -2.06. The number of aryl methyl sites for hydroxylation is 2. The van der Waals surface area contributed by atoms with Gasteiger partial charge in [-0.2, -0.15) is 18.3 Å². The lowest BCUT2D eigenvalue weighted by molar-refractivity contribution is -0.137. The van der Waals surface area contributed by atoms with Gasteiger partial charge in [-0.3, -0.25) is 14.8 Å². The molecule has 0 fully saturated rings. The number of aromatic nitrogens is 3. The Hall–Kier alpha value is -2.68. The summed E-state index contributed by atoms with van der Waals surface area (Å²) < 4.78 is 39.2. The molecule has 3 aromatic rings. The molecule has 2 heterocycles. The van der Waals surface area contributed by atoms with Crippen molar-refractivity contribution in [3.05, 3.63) is 63.9 Å². The van der Waals surface area contributed by atoms with Crippen molar-refractivity contribution in [2.24, 2.45) is 7.05 Å². The molecular weight excluding hydrogens is 365 g/mol. The molecule has 5 nitrogen and oxygen atoms in total. The van der Waals surface area contributed by atoms with E-state index in [1.165, 1.54) is 28.2 Å². The van der Waals surface area contributed by atoms with Crippen molar-refractivity contribution >= 4 is 22.4 Å². The largest absolute Gasteiger partial charge is 0.416 e. The maximum absolute atomic E-state index is 12.6. The smallest absolute Gasteiger partial charge is 0.296 e. The van der Waals surface area contributed by atoms with Crippen LogP contribution in [0.5, 0.6) is 0 Å². The molecule has 1 aromatic carbocycles. The van der Waals surface area contributed by atoms with Crippen molar-refractivity contribution in [2.75, 3.05) is 5.32 Å². The van der Waals surface area contributed by atoms with E-state index in [1.54, 1.807) is 26.2 Å². The van der Waals surface area contributed by atoms with E-state index in [-0.39, 0.29) is 5.91 Å². The SMILES string of the molecule is Cc1cc(C(=O)Nc2ncc(Cc3ccc(C(F)(F)F)cc3)s2)n(C)n1. The average Bonchev–Trinajstić information content (AvgIpc) is 3.13. The fraction of sp³-hybridized carbons (Fsp3) is 0.235. The van der Waals surface area contributed by atoms with Gasteiger partial charge in [-0.1, -0.05) is 12.1 Å². The Morgan fingerprint density at radius 1 is 1.27 bits per heavy atom. The van der Waals surface area contributed by atoms with Gasteiger partial charge in [0.1, 0.15) is 5.69 Å². The van der Waals surface area contributed by atoms with Crippen LogP contribution < -0.4 is 5.32 Å². The predicted octanol–water partition coefficient (Wildman–Crippen LogP) is 4.05. The molecule has 0 aliphatic rings. The van der Waals surface area contributed by atoms with Gasteiger partial charge in [0, 0.05) is 24.5 Å². The van der Waals surface area contributed by atoms with E-state index in [9.17, 15) is 18.0 Å². The number of rotatable bonds is 4. The highest BCUT2D eigenvalue weighted by Gasteiger charge is 2.29. The first-order valence-electron chi connectivity index (χ1n) is 7.65. The van der Waals surface area contributed by atoms with Gasteiger partial charge in [-0.05, 0) is 30.7 Å². The van der Waals surface area contributed by atoms with Gasteiger partial charge in [0.25, 0.3) is 5.91 Å². The summed E-state index contributed by atoms with van der Waals surface area (Å²) in [6, 6.07) is 6.68. The van der Waals surface area contributed by atoms with E-state index < -0.39 is 11.7 Å². The Bertz CT molecular complexity index is 928. The van der Waals surface area contributed by atoms with Crippen LogP contribution in [0.3, 0.4) is 0 Å². The normalized spacial score (nSPS) is 11.6. The van der Waals surface area contributed by atoms with Crippen LogP contribution in [0.4, 0.5) is 18.3 Å². The Morgan fingerprint density at radius 3 is 2.54 bits per heavy atom. The minimum atomic E-state index is -4.34. The molecule has 136 valence electrons. The number of benzene rings is 1. The second kappa shape index (κ2) is 6.91. The summed E-state index contributed by atoms with van der Waals surface area (Å²) in [4.78, 5) is 17.2. The number of halogens is 3. The fourth-order valence-corrected chi connectivity index (χ4v) is 3.29. The highest BCUT2D eigenvalue weighted by atomic mass is 32.1. The minimum absolute atomic E-state index is 0.316. The van der Waals surface area contributed by atoms with Crippen LogP contribution in [0, 0.1) is 6.92 Å². The van der Waals surface area contributed by atoms with Crippen LogP contribution in [-0.2, 0) is 19.6 Å². The summed E-state index contributed by atoms with van der Waals surface area (Å²) in [5.74, 6) is -0.316. The number of anilines is 1.